The Kier molecular flexibility index (Phi) is 7.59. The summed E-state index contributed by atoms with van der Waals surface area (Å²) in [4.78, 5) is 22.1. The van der Waals surface area contributed by atoms with E-state index in [0.717, 1.165) is 24.7 Å². The summed E-state index contributed by atoms with van der Waals surface area (Å²) in [6.07, 6.45) is 5.89. The van der Waals surface area contributed by atoms with E-state index in [0.29, 0.717) is 22.8 Å². The third-order valence-corrected chi connectivity index (χ3v) is 9.61. The van der Waals surface area contributed by atoms with Crippen molar-refractivity contribution in [1.82, 2.24) is 24.7 Å². The molecule has 1 aliphatic carbocycles. The molecular weight excluding hydrogens is 560 g/mol. The average molecular weight is 594 g/mol. The van der Waals surface area contributed by atoms with Crippen LogP contribution in [0.5, 0.6) is 0 Å². The Hall–Kier alpha value is -3.86. The number of aromatic nitrogens is 5. The molecule has 1 aliphatic rings. The van der Waals surface area contributed by atoms with Crippen molar-refractivity contribution in [2.45, 2.75) is 58.4 Å². The molecule has 0 amide bonds. The maximum absolute atomic E-state index is 14.7. The molecule has 0 N–H and O–H groups in total. The smallest absolute Gasteiger partial charge is 0.251 e. The van der Waals surface area contributed by atoms with Gasteiger partial charge in [-0.1, -0.05) is 26.8 Å². The van der Waals surface area contributed by atoms with Gasteiger partial charge in [0.05, 0.1) is 33.8 Å². The van der Waals surface area contributed by atoms with Gasteiger partial charge in [0, 0.05) is 36.8 Å². The van der Waals surface area contributed by atoms with Gasteiger partial charge in [0.2, 0.25) is 0 Å². The predicted molar refractivity (Wildman–Crippen MR) is 157 cm³/mol. The standard InChI is InChI=1S/C31H33F2N5O3S/c1-6-19-18-30(2,3)31(4,28-21(19)17-24(36-37-28)27-22(32)8-7-9-23(27)33)25-10-12-34-29(35-25)20-11-13-38(26(39)16-20)14-15-42(5,40)41/h7-13,16-17,19H,6,14-15,18H2,1-5H3/t19-,31+/m1/s1. The molecule has 0 bridgehead atoms. The van der Waals surface area contributed by atoms with Crippen LogP contribution in [0.4, 0.5) is 8.78 Å². The van der Waals surface area contributed by atoms with Crippen LogP contribution in [0.25, 0.3) is 22.6 Å². The van der Waals surface area contributed by atoms with E-state index in [2.05, 4.69) is 36.0 Å². The van der Waals surface area contributed by atoms with Gasteiger partial charge in [0.1, 0.15) is 21.5 Å². The fourth-order valence-corrected chi connectivity index (χ4v) is 6.45. The van der Waals surface area contributed by atoms with Crippen molar-refractivity contribution in [1.29, 1.82) is 0 Å². The Morgan fingerprint density at radius 3 is 2.40 bits per heavy atom. The van der Waals surface area contributed by atoms with Crippen molar-refractivity contribution in [3.8, 4) is 22.6 Å². The molecular formula is C31H33F2N5O3S. The van der Waals surface area contributed by atoms with Gasteiger partial charge in [-0.2, -0.15) is 5.10 Å². The van der Waals surface area contributed by atoms with Crippen molar-refractivity contribution in [3.05, 3.63) is 93.8 Å². The SMILES string of the molecule is CC[C@@H]1CC(C)(C)[C@@](C)(c2ccnc(-c3ccn(CCS(C)(=O)=O)c(=O)c3)n2)c2nnc(-c3c(F)cccc3F)cc21. The number of fused-ring (bicyclic) bond motifs is 1. The molecule has 0 radical (unpaired) electrons. The molecule has 0 aliphatic heterocycles. The molecule has 0 spiro atoms. The summed E-state index contributed by atoms with van der Waals surface area (Å²) in [6.45, 7) is 8.48. The summed E-state index contributed by atoms with van der Waals surface area (Å²) in [6, 6.07) is 10.4. The zero-order chi connectivity index (χ0) is 30.4. The molecule has 3 aromatic heterocycles. The highest BCUT2D eigenvalue weighted by molar-refractivity contribution is 7.90. The maximum Gasteiger partial charge on any atom is 0.251 e. The minimum absolute atomic E-state index is 0.0535. The summed E-state index contributed by atoms with van der Waals surface area (Å²) in [7, 11) is -3.22. The van der Waals surface area contributed by atoms with Crippen LogP contribution in [0.15, 0.2) is 59.7 Å². The Bertz CT molecular complexity index is 1820. The van der Waals surface area contributed by atoms with Crippen LogP contribution in [-0.2, 0) is 21.8 Å². The fraction of sp³-hybridized carbons (Fsp3) is 0.387. The Morgan fingerprint density at radius 1 is 1.05 bits per heavy atom. The minimum atomic E-state index is -3.22. The van der Waals surface area contributed by atoms with Crippen molar-refractivity contribution >= 4 is 9.84 Å². The number of pyridine rings is 1. The second-order valence-electron chi connectivity index (χ2n) is 11.8. The summed E-state index contributed by atoms with van der Waals surface area (Å²) in [5.41, 5.74) is 1.22. The molecule has 11 heteroatoms. The van der Waals surface area contributed by atoms with E-state index in [9.17, 15) is 22.0 Å². The lowest BCUT2D eigenvalue weighted by atomic mass is 9.54. The minimum Gasteiger partial charge on any atom is -0.314 e. The molecule has 5 rings (SSSR count). The number of hydrogen-bond donors (Lipinski definition) is 0. The van der Waals surface area contributed by atoms with Gasteiger partial charge in [-0.3, -0.25) is 4.79 Å². The molecule has 0 fully saturated rings. The van der Waals surface area contributed by atoms with Crippen LogP contribution in [0.2, 0.25) is 0 Å². The molecule has 0 saturated carbocycles. The topological polar surface area (TPSA) is 108 Å². The van der Waals surface area contributed by atoms with E-state index in [1.54, 1.807) is 24.5 Å². The molecule has 3 heterocycles. The monoisotopic (exact) mass is 593 g/mol. The van der Waals surface area contributed by atoms with Crippen LogP contribution in [0.1, 0.15) is 63.4 Å². The highest BCUT2D eigenvalue weighted by Crippen LogP contribution is 2.56. The molecule has 1 aromatic carbocycles. The fourth-order valence-electron chi connectivity index (χ4n) is 5.93. The number of hydrogen-bond acceptors (Lipinski definition) is 7. The quantitative estimate of drug-likeness (QED) is 0.286. The van der Waals surface area contributed by atoms with E-state index in [-0.39, 0.29) is 40.4 Å². The van der Waals surface area contributed by atoms with Crippen LogP contribution < -0.4 is 5.56 Å². The van der Waals surface area contributed by atoms with Crippen LogP contribution in [0.3, 0.4) is 0 Å². The third-order valence-electron chi connectivity index (χ3n) is 8.68. The largest absolute Gasteiger partial charge is 0.314 e. The molecule has 0 unspecified atom stereocenters. The lowest BCUT2D eigenvalue weighted by Crippen LogP contribution is -2.47. The number of rotatable bonds is 7. The van der Waals surface area contributed by atoms with Crippen molar-refractivity contribution in [3.63, 3.8) is 0 Å². The summed E-state index contributed by atoms with van der Waals surface area (Å²) in [5.74, 6) is -1.11. The summed E-state index contributed by atoms with van der Waals surface area (Å²) >= 11 is 0. The van der Waals surface area contributed by atoms with E-state index in [1.165, 1.54) is 28.8 Å². The van der Waals surface area contributed by atoms with Crippen LogP contribution in [-0.4, -0.2) is 45.2 Å². The van der Waals surface area contributed by atoms with Gasteiger partial charge in [0.15, 0.2) is 5.82 Å². The van der Waals surface area contributed by atoms with Crippen molar-refractivity contribution in [2.75, 3.05) is 12.0 Å². The number of aryl methyl sites for hydroxylation is 1. The van der Waals surface area contributed by atoms with Gasteiger partial charge in [-0.05, 0) is 67.0 Å². The number of benzene rings is 1. The Morgan fingerprint density at radius 2 is 1.76 bits per heavy atom. The van der Waals surface area contributed by atoms with Gasteiger partial charge in [-0.25, -0.2) is 27.2 Å². The second-order valence-corrected chi connectivity index (χ2v) is 14.1. The number of halogens is 2. The number of sulfone groups is 1. The van der Waals surface area contributed by atoms with E-state index in [1.807, 2.05) is 13.0 Å². The zero-order valence-electron chi connectivity index (χ0n) is 24.2. The zero-order valence-corrected chi connectivity index (χ0v) is 25.0. The van der Waals surface area contributed by atoms with Crippen molar-refractivity contribution in [2.24, 2.45) is 5.41 Å². The second kappa shape index (κ2) is 10.8. The normalized spacial score (nSPS) is 19.8. The van der Waals surface area contributed by atoms with Crippen LogP contribution >= 0.6 is 0 Å². The van der Waals surface area contributed by atoms with E-state index >= 15 is 0 Å². The Labute approximate surface area is 243 Å². The van der Waals surface area contributed by atoms with Gasteiger partial charge in [-0.15, -0.1) is 5.10 Å². The van der Waals surface area contributed by atoms with E-state index < -0.39 is 26.9 Å². The Balaban J connectivity index is 1.61. The first-order valence-electron chi connectivity index (χ1n) is 13.8. The molecule has 2 atom stereocenters. The summed E-state index contributed by atoms with van der Waals surface area (Å²) < 4.78 is 53.8. The van der Waals surface area contributed by atoms with E-state index in [4.69, 9.17) is 4.98 Å². The molecule has 4 aromatic rings. The molecule has 8 nitrogen and oxygen atoms in total. The van der Waals surface area contributed by atoms with Crippen molar-refractivity contribution < 1.29 is 17.2 Å². The highest BCUT2D eigenvalue weighted by Gasteiger charge is 2.52. The average Bonchev–Trinajstić information content (AvgIpc) is 2.93. The molecule has 42 heavy (non-hydrogen) atoms. The molecule has 220 valence electrons. The molecule has 0 saturated heterocycles. The predicted octanol–water partition coefficient (Wildman–Crippen LogP) is 5.31. The number of nitrogens with zero attached hydrogens (tertiary/aromatic N) is 5. The third kappa shape index (κ3) is 5.26. The van der Waals surface area contributed by atoms with Crippen LogP contribution in [0, 0.1) is 17.0 Å². The lowest BCUT2D eigenvalue weighted by molar-refractivity contribution is 0.153. The first kappa shape index (κ1) is 29.6. The summed E-state index contributed by atoms with van der Waals surface area (Å²) in [5, 5.41) is 8.94. The van der Waals surface area contributed by atoms with Gasteiger partial charge < -0.3 is 4.57 Å². The maximum atomic E-state index is 14.7. The highest BCUT2D eigenvalue weighted by atomic mass is 32.2. The van der Waals surface area contributed by atoms with Gasteiger partial charge >= 0.3 is 0 Å². The first-order valence-corrected chi connectivity index (χ1v) is 15.9. The lowest BCUT2D eigenvalue weighted by Gasteiger charge is -2.50. The van der Waals surface area contributed by atoms with Gasteiger partial charge in [0.25, 0.3) is 5.56 Å². The first-order chi connectivity index (χ1) is 19.7.